The number of carbonyl (C=O) groups excluding carboxylic acids is 7. The van der Waals surface area contributed by atoms with Crippen molar-refractivity contribution >= 4 is 136 Å². The molecule has 0 bridgehead atoms. The molecule has 0 aliphatic heterocycles. The van der Waals surface area contributed by atoms with Gasteiger partial charge in [-0.05, 0) is 190 Å². The number of nitrogens with one attached hydrogen (secondary N) is 7. The topological polar surface area (TPSA) is 603 Å². The molecule has 7 atom stereocenters. The van der Waals surface area contributed by atoms with Crippen molar-refractivity contribution in [1.82, 2.24) is 35.4 Å². The number of ketones is 4. The number of halogens is 4. The van der Waals surface area contributed by atoms with Crippen molar-refractivity contribution in [2.75, 3.05) is 95.5 Å². The molecule has 0 fully saturated rings. The lowest BCUT2D eigenvalue weighted by Gasteiger charge is -2.23. The van der Waals surface area contributed by atoms with Crippen LogP contribution in [0.2, 0.25) is 0 Å². The lowest BCUT2D eigenvalue weighted by molar-refractivity contribution is -0.119. The summed E-state index contributed by atoms with van der Waals surface area (Å²) in [5.74, 6) is -0.895. The van der Waals surface area contributed by atoms with Gasteiger partial charge in [-0.25, -0.2) is 39.4 Å². The van der Waals surface area contributed by atoms with Gasteiger partial charge in [0.15, 0.2) is 41.0 Å². The Labute approximate surface area is 866 Å². The summed E-state index contributed by atoms with van der Waals surface area (Å²) in [5, 5.41) is 13.0. The molecule has 0 saturated carbocycles. The molecule has 0 aromatic heterocycles. The summed E-state index contributed by atoms with van der Waals surface area (Å²) in [4.78, 5) is 90.9. The first kappa shape index (κ1) is 147. The molecule has 0 unspecified atom stereocenters. The van der Waals surface area contributed by atoms with Crippen molar-refractivity contribution in [3.05, 3.63) is 91.0 Å². The summed E-state index contributed by atoms with van der Waals surface area (Å²) in [6.45, 7) is 59.3. The van der Waals surface area contributed by atoms with E-state index in [1.807, 2.05) is 0 Å². The van der Waals surface area contributed by atoms with Crippen molar-refractivity contribution in [3.8, 4) is 0 Å². The molecular weight excluding hydrogens is 1930 g/mol. The molecule has 27 N–H and O–H groups in total. The number of carbonyl (C=O) groups is 7. The van der Waals surface area contributed by atoms with Gasteiger partial charge in [-0.1, -0.05) is 253 Å². The number of benzene rings is 3. The molecular formula is C100H192Cl4N20O13S3. The first-order valence-electron chi connectivity index (χ1n) is 48.5. The second-order valence-electron chi connectivity index (χ2n) is 41.9. The third kappa shape index (κ3) is 96.5. The number of rotatable bonds is 54. The summed E-state index contributed by atoms with van der Waals surface area (Å²) in [7, 11) is -11.1. The maximum Gasteiger partial charge on any atom is 0.241 e. The number of unbranched alkanes of at least 4 members (excludes halogenated alkanes) is 2. The summed E-state index contributed by atoms with van der Waals surface area (Å²) in [6.07, 6.45) is 17.7. The number of hydrogen-bond acceptors (Lipinski definition) is 24. The molecule has 0 spiro atoms. The molecule has 33 nitrogen and oxygen atoms in total. The number of nitrogens with two attached hydrogens (primary N) is 10. The molecule has 40 heteroatoms. The molecule has 140 heavy (non-hydrogen) atoms. The van der Waals surface area contributed by atoms with Crippen LogP contribution >= 0.6 is 46.4 Å². The van der Waals surface area contributed by atoms with Gasteiger partial charge >= 0.3 is 0 Å². The summed E-state index contributed by atoms with van der Waals surface area (Å²) < 4.78 is 79.5. The molecule has 0 amide bonds. The number of alkyl halides is 4. The van der Waals surface area contributed by atoms with Crippen molar-refractivity contribution in [3.63, 3.8) is 0 Å². The normalized spacial score (nSPS) is 13.1. The van der Waals surface area contributed by atoms with E-state index in [2.05, 4.69) is 217 Å². The van der Waals surface area contributed by atoms with Gasteiger partial charge in [0.2, 0.25) is 30.1 Å². The average molecular weight is 2120 g/mol. The van der Waals surface area contributed by atoms with Crippen molar-refractivity contribution in [1.29, 1.82) is 0 Å². The third-order valence-electron chi connectivity index (χ3n) is 19.6. The van der Waals surface area contributed by atoms with E-state index in [0.29, 0.717) is 107 Å². The first-order valence-corrected chi connectivity index (χ1v) is 55.1. The minimum absolute atomic E-state index is 0.000718. The van der Waals surface area contributed by atoms with Crippen molar-refractivity contribution in [2.24, 2.45) is 110 Å². The van der Waals surface area contributed by atoms with Gasteiger partial charge in [-0.2, -0.15) is 0 Å². The molecule has 0 radical (unpaired) electrons. The largest absolute Gasteiger partial charge is 0.370 e. The predicted octanol–water partition coefficient (Wildman–Crippen LogP) is 13.0. The minimum Gasteiger partial charge on any atom is -0.370 e. The molecule has 0 heterocycles. The summed E-state index contributed by atoms with van der Waals surface area (Å²) in [5.41, 5.74) is 55.1. The van der Waals surface area contributed by atoms with E-state index in [1.54, 1.807) is 54.6 Å². The Bertz CT molecular complexity index is 4080. The number of aliphatic imine (C=N–C) groups is 3. The van der Waals surface area contributed by atoms with Crippen LogP contribution in [-0.2, 0) is 63.6 Å². The van der Waals surface area contributed by atoms with E-state index in [9.17, 15) is 58.8 Å². The second-order valence-corrected chi connectivity index (χ2v) is 48.1. The number of guanidine groups is 3. The zero-order chi connectivity index (χ0) is 110. The van der Waals surface area contributed by atoms with E-state index < -0.39 is 54.0 Å². The van der Waals surface area contributed by atoms with Gasteiger partial charge in [-0.3, -0.25) is 34.2 Å². The fourth-order valence-electron chi connectivity index (χ4n) is 9.79. The highest BCUT2D eigenvalue weighted by molar-refractivity contribution is 7.90. The van der Waals surface area contributed by atoms with Gasteiger partial charge in [0.05, 0.1) is 80.5 Å². The Balaban J connectivity index is -0.000000287. The Hall–Kier alpha value is -6.27. The van der Waals surface area contributed by atoms with Crippen LogP contribution in [0, 0.1) is 37.9 Å². The minimum atomic E-state index is -3.78. The van der Waals surface area contributed by atoms with Crippen LogP contribution in [0.25, 0.3) is 0 Å². The highest BCUT2D eigenvalue weighted by Gasteiger charge is 2.28. The lowest BCUT2D eigenvalue weighted by atomic mass is 9.94. The smallest absolute Gasteiger partial charge is 0.241 e. The average Bonchev–Trinajstić information content (AvgIpc) is 0.793. The highest BCUT2D eigenvalue weighted by Crippen LogP contribution is 2.21. The molecule has 0 aliphatic carbocycles. The first-order chi connectivity index (χ1) is 64.7. The number of nitrogens with zero attached hydrogens (tertiary/aromatic N) is 3. The standard InChI is InChI=1S/C13H19ClN4O3S.C12H25ClN4O.C12H17ClN2O3S.C12H25ClN2O.C11H24N4O.C11H16N2O3S.C11H24N2O.3C6H14/c14-9-12(19)11(7-4-8-17-13(15)16)18-22(20,21)10-5-2-1-3-6-10;1-12(2,3)8-17-9(10(18)7-13)5-4-6-16-11(14)15;13-9-12(16)11(7-4-8-14)15-19(17,18)10-5-2-1-3-6-10;1-12(2,3)9-15-10(11(16)8-13)6-4-5-7-14;1-11(2,3)8-15-9(7-16)5-4-6-14-10(12)13;12-8-4-5-10(9-14)13-17(15,16)11-6-2-1-3-7-11;1-11(2,3)9-13-10(8-14)6-4-5-7-12;3*1-5-6(2,3)4/h1-3,5-6,11,18H,4,7-9H2,(H4,15,16,17);9,17H,4-8H2,1-3H3,(H4,14,15,16);1-3,5-6,11,15H,4,7-9,14H2;10,15H,4-9,14H2,1-3H3;7,9,15H,4-6,8H2,1-3H3,(H4,12,13,14);1-3,6-7,9-10,13H,4-5,8,12H2;8,10,13H,4-7,9,12H2,1-3H3;3*5H2,1-4H3/t11-;9-;11-;10-;9-;2*10-;;;/m0000000.../s1. The predicted molar refractivity (Wildman–Crippen MR) is 589 cm³/mol. The van der Waals surface area contributed by atoms with E-state index in [4.69, 9.17) is 104 Å². The van der Waals surface area contributed by atoms with E-state index in [-0.39, 0.29) is 126 Å². The Morgan fingerprint density at radius 3 is 0.750 bits per heavy atom. The Kier molecular flexibility index (Phi) is 86.8. The zero-order valence-corrected chi connectivity index (χ0v) is 95.1. The quantitative estimate of drug-likeness (QED) is 0.00820. The number of Topliss-reactive ketones (excluding diaryl/α,β-unsaturated/α-hetero) is 4. The number of sulfonamides is 3. The Morgan fingerprint density at radius 2 is 0.507 bits per heavy atom. The maximum atomic E-state index is 12.2. The second kappa shape index (κ2) is 82.9. The van der Waals surface area contributed by atoms with Gasteiger partial charge in [0, 0.05) is 45.8 Å². The monoisotopic (exact) mass is 2120 g/mol. The zero-order valence-electron chi connectivity index (χ0n) is 89.6. The fourth-order valence-corrected chi connectivity index (χ4v) is 14.3. The molecule has 0 saturated heterocycles. The van der Waals surface area contributed by atoms with Crippen molar-refractivity contribution < 1.29 is 58.8 Å². The highest BCUT2D eigenvalue weighted by atomic mass is 35.5. The number of aldehydes is 3. The summed E-state index contributed by atoms with van der Waals surface area (Å²) in [6, 6.07) is 20.8. The van der Waals surface area contributed by atoms with Crippen LogP contribution in [0.15, 0.2) is 121 Å². The van der Waals surface area contributed by atoms with Gasteiger partial charge in [0.1, 0.15) is 18.9 Å². The summed E-state index contributed by atoms with van der Waals surface area (Å²) >= 11 is 22.2. The number of hydrogen-bond donors (Lipinski definition) is 17. The Morgan fingerprint density at radius 1 is 0.300 bits per heavy atom. The molecule has 816 valence electrons. The van der Waals surface area contributed by atoms with E-state index >= 15 is 0 Å². The molecule has 3 aromatic carbocycles. The van der Waals surface area contributed by atoms with Crippen LogP contribution in [0.5, 0.6) is 0 Å². The van der Waals surface area contributed by atoms with Crippen LogP contribution in [0.3, 0.4) is 0 Å². The SMILES string of the molecule is CC(C)(C)CN[C@@H](CCCCN)C(=O)CCl.CC(C)(C)CN[C@@H](CCCN=C(N)N)C(=O)CCl.CC(C)(C)CN[C@H](C=O)CCCCN.CC(C)(C)CN[C@H](C=O)CCCN=C(N)N.CCC(C)(C)C.CCC(C)(C)C.CCC(C)(C)C.NC(N)=NCCC[C@H](NS(=O)(=O)c1ccccc1)C(=O)CCl.NCCC[C@@H](C=O)NS(=O)(=O)c1ccccc1.NCCC[C@H](NS(=O)(=O)c1ccccc1)C(=O)CCl. The van der Waals surface area contributed by atoms with Gasteiger partial charge < -0.3 is 93.0 Å². The van der Waals surface area contributed by atoms with Crippen LogP contribution in [-0.4, -0.2) is 223 Å². The molecule has 0 aliphatic rings. The van der Waals surface area contributed by atoms with Crippen LogP contribution in [0.1, 0.15) is 288 Å². The van der Waals surface area contributed by atoms with Gasteiger partial charge in [-0.15, -0.1) is 46.4 Å². The lowest BCUT2D eigenvalue weighted by Crippen LogP contribution is -2.41. The maximum absolute atomic E-state index is 12.2. The third-order valence-corrected chi connectivity index (χ3v) is 25.1. The van der Waals surface area contributed by atoms with E-state index in [0.717, 1.165) is 96.5 Å². The molecule has 3 aromatic rings. The fraction of sp³-hybridized carbons (Fsp3) is 0.720. The molecule has 3 rings (SSSR count). The van der Waals surface area contributed by atoms with Crippen LogP contribution < -0.4 is 92.8 Å². The van der Waals surface area contributed by atoms with Crippen molar-refractivity contribution in [2.45, 2.75) is 345 Å². The van der Waals surface area contributed by atoms with Crippen LogP contribution in [0.4, 0.5) is 0 Å². The van der Waals surface area contributed by atoms with Gasteiger partial charge in [0.25, 0.3) is 0 Å². The van der Waals surface area contributed by atoms with E-state index in [1.165, 1.54) is 55.7 Å².